The summed E-state index contributed by atoms with van der Waals surface area (Å²) >= 11 is 3.16. The molecule has 0 radical (unpaired) electrons. The van der Waals surface area contributed by atoms with Crippen LogP contribution in [0.5, 0.6) is 0 Å². The highest BCUT2D eigenvalue weighted by molar-refractivity contribution is 9.10. The number of hydrogen-bond acceptors (Lipinski definition) is 1. The van der Waals surface area contributed by atoms with E-state index in [0.29, 0.717) is 15.6 Å². The van der Waals surface area contributed by atoms with Crippen LogP contribution in [0.4, 0.5) is 8.78 Å². The quantitative estimate of drug-likeness (QED) is 0.864. The summed E-state index contributed by atoms with van der Waals surface area (Å²) in [5, 5.41) is 3.09. The van der Waals surface area contributed by atoms with Crippen molar-refractivity contribution in [1.82, 2.24) is 5.32 Å². The molecular formula is C15H14BrF2N. The van der Waals surface area contributed by atoms with Gasteiger partial charge in [0.05, 0.1) is 4.47 Å². The molecule has 0 fully saturated rings. The van der Waals surface area contributed by atoms with Gasteiger partial charge in [-0.25, -0.2) is 8.78 Å². The molecule has 0 spiro atoms. The van der Waals surface area contributed by atoms with Crippen LogP contribution in [0.2, 0.25) is 0 Å². The Morgan fingerprint density at radius 1 is 1.11 bits per heavy atom. The molecule has 1 unspecified atom stereocenters. The molecule has 0 aliphatic rings. The third kappa shape index (κ3) is 2.85. The normalized spacial score (nSPS) is 12.5. The highest BCUT2D eigenvalue weighted by Gasteiger charge is 2.15. The van der Waals surface area contributed by atoms with E-state index in [9.17, 15) is 8.78 Å². The van der Waals surface area contributed by atoms with Crippen molar-refractivity contribution >= 4 is 15.9 Å². The van der Waals surface area contributed by atoms with Crippen molar-refractivity contribution in [2.75, 3.05) is 7.05 Å². The number of hydrogen-bond donors (Lipinski definition) is 1. The third-order valence-corrected chi connectivity index (χ3v) is 3.77. The zero-order valence-corrected chi connectivity index (χ0v) is 12.3. The molecule has 2 rings (SSSR count). The van der Waals surface area contributed by atoms with E-state index in [1.165, 1.54) is 12.1 Å². The lowest BCUT2D eigenvalue weighted by molar-refractivity contribution is 0.613. The monoisotopic (exact) mass is 325 g/mol. The van der Waals surface area contributed by atoms with Crippen LogP contribution in [0, 0.1) is 11.6 Å². The van der Waals surface area contributed by atoms with E-state index in [1.54, 1.807) is 24.3 Å². The molecule has 0 aromatic heterocycles. The van der Waals surface area contributed by atoms with E-state index >= 15 is 0 Å². The fraction of sp³-hybridized carbons (Fsp3) is 0.200. The van der Waals surface area contributed by atoms with Gasteiger partial charge in [0.15, 0.2) is 0 Å². The molecule has 0 amide bonds. The summed E-state index contributed by atoms with van der Waals surface area (Å²) in [5.41, 5.74) is 1.83. The zero-order chi connectivity index (χ0) is 14.0. The minimum absolute atomic E-state index is 0.00832. The smallest absolute Gasteiger partial charge is 0.145 e. The van der Waals surface area contributed by atoms with Crippen LogP contribution < -0.4 is 5.32 Å². The molecule has 2 aromatic carbocycles. The Hall–Kier alpha value is -1.26. The second-order valence-electron chi connectivity index (χ2n) is 4.34. The van der Waals surface area contributed by atoms with Crippen LogP contribution in [0.15, 0.2) is 40.9 Å². The van der Waals surface area contributed by atoms with E-state index < -0.39 is 0 Å². The summed E-state index contributed by atoms with van der Waals surface area (Å²) in [4.78, 5) is 0. The summed E-state index contributed by atoms with van der Waals surface area (Å²) in [6.07, 6.45) is 0. The molecule has 1 atom stereocenters. The first-order chi connectivity index (χ1) is 9.04. The lowest BCUT2D eigenvalue weighted by Gasteiger charge is -2.17. The fourth-order valence-electron chi connectivity index (χ4n) is 2.01. The maximum Gasteiger partial charge on any atom is 0.145 e. The first-order valence-corrected chi connectivity index (χ1v) is 6.75. The summed E-state index contributed by atoms with van der Waals surface area (Å²) in [5.74, 6) is -0.751. The molecule has 1 nitrogen and oxygen atoms in total. The standard InChI is InChI=1S/C15H14BrF2N/c1-9(19-2)11-7-6-10(17)8-13(11)12-4-3-5-14(16)15(12)18/h3-9,19H,1-2H3. The minimum Gasteiger partial charge on any atom is -0.313 e. The molecule has 19 heavy (non-hydrogen) atoms. The molecule has 0 bridgehead atoms. The Labute approximate surface area is 119 Å². The highest BCUT2D eigenvalue weighted by atomic mass is 79.9. The van der Waals surface area contributed by atoms with Gasteiger partial charge in [0.2, 0.25) is 0 Å². The molecular weight excluding hydrogens is 312 g/mol. The van der Waals surface area contributed by atoms with Crippen LogP contribution in [0.1, 0.15) is 18.5 Å². The van der Waals surface area contributed by atoms with E-state index in [0.717, 1.165) is 5.56 Å². The van der Waals surface area contributed by atoms with Gasteiger partial charge in [-0.1, -0.05) is 18.2 Å². The molecule has 2 aromatic rings. The molecule has 0 aliphatic carbocycles. The van der Waals surface area contributed by atoms with Crippen molar-refractivity contribution in [3.8, 4) is 11.1 Å². The summed E-state index contributed by atoms with van der Waals surface area (Å²) in [7, 11) is 1.81. The Morgan fingerprint density at radius 2 is 1.84 bits per heavy atom. The largest absolute Gasteiger partial charge is 0.313 e. The molecule has 0 aliphatic heterocycles. The van der Waals surface area contributed by atoms with Crippen molar-refractivity contribution in [1.29, 1.82) is 0 Å². The highest BCUT2D eigenvalue weighted by Crippen LogP contribution is 2.33. The van der Waals surface area contributed by atoms with Gasteiger partial charge in [0, 0.05) is 11.6 Å². The Balaban J connectivity index is 2.66. The van der Waals surface area contributed by atoms with Crippen molar-refractivity contribution in [2.24, 2.45) is 0 Å². The first-order valence-electron chi connectivity index (χ1n) is 5.95. The van der Waals surface area contributed by atoms with Gasteiger partial charge in [-0.05, 0) is 59.2 Å². The van der Waals surface area contributed by atoms with Crippen LogP contribution in [-0.2, 0) is 0 Å². The minimum atomic E-state index is -0.377. The fourth-order valence-corrected chi connectivity index (χ4v) is 2.37. The summed E-state index contributed by atoms with van der Waals surface area (Å²) in [6.45, 7) is 1.95. The van der Waals surface area contributed by atoms with Gasteiger partial charge in [-0.15, -0.1) is 0 Å². The van der Waals surface area contributed by atoms with E-state index in [-0.39, 0.29) is 17.7 Å². The van der Waals surface area contributed by atoms with Gasteiger partial charge < -0.3 is 5.32 Å². The van der Waals surface area contributed by atoms with E-state index in [2.05, 4.69) is 21.2 Å². The molecule has 4 heteroatoms. The number of nitrogens with one attached hydrogen (secondary N) is 1. The van der Waals surface area contributed by atoms with E-state index in [1.807, 2.05) is 14.0 Å². The van der Waals surface area contributed by atoms with Gasteiger partial charge in [0.1, 0.15) is 11.6 Å². The second-order valence-corrected chi connectivity index (χ2v) is 5.20. The summed E-state index contributed by atoms with van der Waals surface area (Å²) < 4.78 is 28.0. The Kier molecular flexibility index (Phi) is 4.32. The lowest BCUT2D eigenvalue weighted by atomic mass is 9.95. The van der Waals surface area contributed by atoms with Crippen molar-refractivity contribution in [2.45, 2.75) is 13.0 Å². The molecule has 0 saturated carbocycles. The zero-order valence-electron chi connectivity index (χ0n) is 10.7. The Bertz CT molecular complexity index is 599. The predicted molar refractivity (Wildman–Crippen MR) is 77.0 cm³/mol. The number of benzene rings is 2. The first kappa shape index (κ1) is 14.2. The topological polar surface area (TPSA) is 12.0 Å². The third-order valence-electron chi connectivity index (χ3n) is 3.16. The lowest BCUT2D eigenvalue weighted by Crippen LogP contribution is -2.13. The van der Waals surface area contributed by atoms with Gasteiger partial charge >= 0.3 is 0 Å². The molecule has 1 N–H and O–H groups in total. The number of rotatable bonds is 3. The maximum atomic E-state index is 14.2. The SMILES string of the molecule is CNC(C)c1ccc(F)cc1-c1cccc(Br)c1F. The molecule has 0 heterocycles. The van der Waals surface area contributed by atoms with Crippen LogP contribution in [0.3, 0.4) is 0 Å². The van der Waals surface area contributed by atoms with Crippen LogP contribution in [-0.4, -0.2) is 7.05 Å². The second kappa shape index (κ2) is 5.80. The van der Waals surface area contributed by atoms with Gasteiger partial charge in [-0.2, -0.15) is 0 Å². The average molecular weight is 326 g/mol. The number of halogens is 3. The van der Waals surface area contributed by atoms with Crippen LogP contribution >= 0.6 is 15.9 Å². The van der Waals surface area contributed by atoms with Crippen molar-refractivity contribution < 1.29 is 8.78 Å². The van der Waals surface area contributed by atoms with E-state index in [4.69, 9.17) is 0 Å². The Morgan fingerprint density at radius 3 is 2.53 bits per heavy atom. The van der Waals surface area contributed by atoms with Crippen molar-refractivity contribution in [3.05, 3.63) is 58.1 Å². The maximum absolute atomic E-state index is 14.2. The molecule has 100 valence electrons. The average Bonchev–Trinajstić information content (AvgIpc) is 2.41. The molecule has 0 saturated heterocycles. The summed E-state index contributed by atoms with van der Waals surface area (Å²) in [6, 6.07) is 9.47. The van der Waals surface area contributed by atoms with Crippen molar-refractivity contribution in [3.63, 3.8) is 0 Å². The predicted octanol–water partition coefficient (Wildman–Crippen LogP) is 4.67. The van der Waals surface area contributed by atoms with Crippen LogP contribution in [0.25, 0.3) is 11.1 Å². The van der Waals surface area contributed by atoms with Gasteiger partial charge in [-0.3, -0.25) is 0 Å². The van der Waals surface area contributed by atoms with Gasteiger partial charge in [0.25, 0.3) is 0 Å².